The summed E-state index contributed by atoms with van der Waals surface area (Å²) in [4.78, 5) is 2.61. The van der Waals surface area contributed by atoms with Crippen LogP contribution >= 0.6 is 15.9 Å². The molecule has 0 spiro atoms. The van der Waals surface area contributed by atoms with E-state index in [1.165, 1.54) is 25.7 Å². The summed E-state index contributed by atoms with van der Waals surface area (Å²) in [5.41, 5.74) is 0.759. The van der Waals surface area contributed by atoms with Crippen LogP contribution in [0.5, 0.6) is 0 Å². The van der Waals surface area contributed by atoms with E-state index in [2.05, 4.69) is 32.6 Å². The molecule has 0 amide bonds. The van der Waals surface area contributed by atoms with Crippen molar-refractivity contribution in [1.29, 1.82) is 0 Å². The second-order valence-electron chi connectivity index (χ2n) is 5.73. The molecule has 118 valence electrons. The quantitative estimate of drug-likeness (QED) is 0.832. The maximum Gasteiger partial charge on any atom is 0.240 e. The third kappa shape index (κ3) is 4.52. The summed E-state index contributed by atoms with van der Waals surface area (Å²) in [6.45, 7) is 3.00. The van der Waals surface area contributed by atoms with E-state index in [1.807, 2.05) is 19.1 Å². The van der Waals surface area contributed by atoms with E-state index in [0.717, 1.165) is 16.6 Å². The molecule has 0 aliphatic heterocycles. The van der Waals surface area contributed by atoms with Gasteiger partial charge in [-0.15, -0.1) is 0 Å². The van der Waals surface area contributed by atoms with Crippen LogP contribution in [0.15, 0.2) is 27.6 Å². The van der Waals surface area contributed by atoms with E-state index >= 15 is 0 Å². The van der Waals surface area contributed by atoms with Gasteiger partial charge < -0.3 is 4.90 Å². The van der Waals surface area contributed by atoms with Crippen molar-refractivity contribution < 1.29 is 8.42 Å². The van der Waals surface area contributed by atoms with E-state index in [9.17, 15) is 8.42 Å². The van der Waals surface area contributed by atoms with Crippen LogP contribution in [0.4, 0.5) is 0 Å². The smallest absolute Gasteiger partial charge is 0.240 e. The molecular formula is C15H23BrN2O2S. The Kier molecular flexibility index (Phi) is 5.82. The van der Waals surface area contributed by atoms with Gasteiger partial charge in [-0.1, -0.05) is 34.8 Å². The highest BCUT2D eigenvalue weighted by Crippen LogP contribution is 2.22. The van der Waals surface area contributed by atoms with E-state index in [4.69, 9.17) is 0 Å². The van der Waals surface area contributed by atoms with Gasteiger partial charge in [0.05, 0.1) is 4.90 Å². The Bertz CT molecular complexity index is 583. The average molecular weight is 375 g/mol. The highest BCUT2D eigenvalue weighted by molar-refractivity contribution is 9.10. The number of benzene rings is 1. The fourth-order valence-corrected chi connectivity index (χ4v) is 4.63. The lowest BCUT2D eigenvalue weighted by atomic mass is 10.2. The number of sulfonamides is 1. The molecule has 1 aliphatic carbocycles. The number of aryl methyl sites for hydroxylation is 1. The maximum atomic E-state index is 12.4. The number of halogens is 1. The first kappa shape index (κ1) is 16.9. The van der Waals surface area contributed by atoms with Gasteiger partial charge in [0, 0.05) is 23.6 Å². The Morgan fingerprint density at radius 2 is 2.00 bits per heavy atom. The molecule has 0 unspecified atom stereocenters. The maximum absolute atomic E-state index is 12.4. The van der Waals surface area contributed by atoms with Crippen molar-refractivity contribution in [2.45, 2.75) is 43.5 Å². The van der Waals surface area contributed by atoms with Crippen LogP contribution in [0.25, 0.3) is 0 Å². The van der Waals surface area contributed by atoms with Gasteiger partial charge in [-0.2, -0.15) is 0 Å². The number of hydrogen-bond donors (Lipinski definition) is 1. The minimum absolute atomic E-state index is 0.348. The number of nitrogens with one attached hydrogen (secondary N) is 1. The zero-order valence-corrected chi connectivity index (χ0v) is 15.0. The SMILES string of the molecule is Cc1ccc(Br)cc1S(=O)(=O)NCCN(C)C1CCCC1. The standard InChI is InChI=1S/C15H23BrN2O2S/c1-12-7-8-13(16)11-15(12)21(19,20)17-9-10-18(2)14-5-3-4-6-14/h7-8,11,14,17H,3-6,9-10H2,1-2H3. The lowest BCUT2D eigenvalue weighted by molar-refractivity contribution is 0.250. The molecule has 6 heteroatoms. The Morgan fingerprint density at radius 3 is 2.67 bits per heavy atom. The normalized spacial score (nSPS) is 16.8. The van der Waals surface area contributed by atoms with Crippen LogP contribution in [0.2, 0.25) is 0 Å². The van der Waals surface area contributed by atoms with Crippen LogP contribution in [0.3, 0.4) is 0 Å². The fourth-order valence-electron chi connectivity index (χ4n) is 2.83. The highest BCUT2D eigenvalue weighted by Gasteiger charge is 2.21. The second kappa shape index (κ2) is 7.22. The van der Waals surface area contributed by atoms with Crippen molar-refractivity contribution in [3.8, 4) is 0 Å². The molecule has 1 fully saturated rings. The molecular weight excluding hydrogens is 352 g/mol. The first-order valence-electron chi connectivity index (χ1n) is 7.36. The molecule has 21 heavy (non-hydrogen) atoms. The minimum atomic E-state index is -3.44. The minimum Gasteiger partial charge on any atom is -0.302 e. The number of nitrogens with zero attached hydrogens (tertiary/aromatic N) is 1. The summed E-state index contributed by atoms with van der Waals surface area (Å²) >= 11 is 3.32. The van der Waals surface area contributed by atoms with E-state index < -0.39 is 10.0 Å². The van der Waals surface area contributed by atoms with Gasteiger partial charge in [-0.05, 0) is 44.5 Å². The molecule has 1 aliphatic rings. The number of likely N-dealkylation sites (N-methyl/N-ethyl adjacent to an activating group) is 1. The molecule has 1 aromatic carbocycles. The van der Waals surface area contributed by atoms with Crippen molar-refractivity contribution in [3.63, 3.8) is 0 Å². The summed E-state index contributed by atoms with van der Waals surface area (Å²) in [5.74, 6) is 0. The van der Waals surface area contributed by atoms with Gasteiger partial charge >= 0.3 is 0 Å². The van der Waals surface area contributed by atoms with E-state index in [0.29, 0.717) is 17.5 Å². The second-order valence-corrected chi connectivity index (χ2v) is 8.38. The summed E-state index contributed by atoms with van der Waals surface area (Å²) < 4.78 is 28.2. The highest BCUT2D eigenvalue weighted by atomic mass is 79.9. The van der Waals surface area contributed by atoms with Crippen LogP contribution in [-0.4, -0.2) is 39.5 Å². The predicted octanol–water partition coefficient (Wildman–Crippen LogP) is 2.91. The van der Waals surface area contributed by atoms with Crippen molar-refractivity contribution >= 4 is 26.0 Å². The number of rotatable bonds is 6. The van der Waals surface area contributed by atoms with Crippen molar-refractivity contribution in [3.05, 3.63) is 28.2 Å². The third-order valence-corrected chi connectivity index (χ3v) is 6.24. The lowest BCUT2D eigenvalue weighted by Gasteiger charge is -2.24. The van der Waals surface area contributed by atoms with E-state index in [1.54, 1.807) is 6.07 Å². The van der Waals surface area contributed by atoms with Gasteiger partial charge in [0.15, 0.2) is 0 Å². The van der Waals surface area contributed by atoms with Crippen molar-refractivity contribution in [1.82, 2.24) is 9.62 Å². The Morgan fingerprint density at radius 1 is 1.33 bits per heavy atom. The van der Waals surface area contributed by atoms with Crippen molar-refractivity contribution in [2.75, 3.05) is 20.1 Å². The molecule has 0 radical (unpaired) electrons. The third-order valence-electron chi connectivity index (χ3n) is 4.14. The largest absolute Gasteiger partial charge is 0.302 e. The molecule has 0 saturated heterocycles. The zero-order chi connectivity index (χ0) is 15.5. The van der Waals surface area contributed by atoms with Gasteiger partial charge in [0.1, 0.15) is 0 Å². The van der Waals surface area contributed by atoms with Crippen LogP contribution in [0, 0.1) is 6.92 Å². The summed E-state index contributed by atoms with van der Waals surface area (Å²) in [5, 5.41) is 0. The Hall–Kier alpha value is -0.430. The van der Waals surface area contributed by atoms with E-state index in [-0.39, 0.29) is 0 Å². The number of hydrogen-bond acceptors (Lipinski definition) is 3. The molecule has 2 rings (SSSR count). The molecule has 1 saturated carbocycles. The van der Waals surface area contributed by atoms with Gasteiger partial charge in [0.25, 0.3) is 0 Å². The molecule has 0 heterocycles. The summed E-state index contributed by atoms with van der Waals surface area (Å²) in [6.07, 6.45) is 5.04. The van der Waals surface area contributed by atoms with Crippen LogP contribution < -0.4 is 4.72 Å². The predicted molar refractivity (Wildman–Crippen MR) is 89.0 cm³/mol. The first-order chi connectivity index (χ1) is 9.90. The Balaban J connectivity index is 1.93. The molecule has 0 bridgehead atoms. The van der Waals surface area contributed by atoms with Gasteiger partial charge in [-0.25, -0.2) is 13.1 Å². The molecule has 4 nitrogen and oxygen atoms in total. The lowest BCUT2D eigenvalue weighted by Crippen LogP contribution is -2.37. The first-order valence-corrected chi connectivity index (χ1v) is 9.64. The van der Waals surface area contributed by atoms with Gasteiger partial charge in [0.2, 0.25) is 10.0 Å². The fraction of sp³-hybridized carbons (Fsp3) is 0.600. The van der Waals surface area contributed by atoms with Gasteiger partial charge in [-0.3, -0.25) is 0 Å². The van der Waals surface area contributed by atoms with Crippen molar-refractivity contribution in [2.24, 2.45) is 0 Å². The summed E-state index contributed by atoms with van der Waals surface area (Å²) in [6, 6.07) is 5.92. The van der Waals surface area contributed by atoms with Crippen LogP contribution in [0.1, 0.15) is 31.2 Å². The topological polar surface area (TPSA) is 49.4 Å². The van der Waals surface area contributed by atoms with Crippen LogP contribution in [-0.2, 0) is 10.0 Å². The monoisotopic (exact) mass is 374 g/mol. The molecule has 1 aromatic rings. The summed E-state index contributed by atoms with van der Waals surface area (Å²) in [7, 11) is -1.36. The average Bonchev–Trinajstić information content (AvgIpc) is 2.95. The molecule has 0 atom stereocenters. The Labute approximate surface area is 136 Å². The molecule has 1 N–H and O–H groups in total. The zero-order valence-electron chi connectivity index (χ0n) is 12.6. The molecule has 0 aromatic heterocycles.